The van der Waals surface area contributed by atoms with Crippen LogP contribution in [0.4, 0.5) is 0 Å². The summed E-state index contributed by atoms with van der Waals surface area (Å²) >= 11 is 0. The van der Waals surface area contributed by atoms with Crippen molar-refractivity contribution in [3.63, 3.8) is 0 Å². The predicted octanol–water partition coefficient (Wildman–Crippen LogP) is 0.860. The SMILES string of the molecule is COB(OC)c1cccc(-n2cccn2)c1. The molecule has 5 heteroatoms. The minimum Gasteiger partial charge on any atom is -0.410 e. The van der Waals surface area contributed by atoms with E-state index in [0.717, 1.165) is 11.2 Å². The Hall–Kier alpha value is -1.59. The van der Waals surface area contributed by atoms with Crippen LogP contribution in [0, 0.1) is 0 Å². The lowest BCUT2D eigenvalue weighted by Crippen LogP contribution is -2.34. The molecule has 0 aliphatic heterocycles. The van der Waals surface area contributed by atoms with Crippen LogP contribution in [0.3, 0.4) is 0 Å². The minimum absolute atomic E-state index is 0.337. The number of aromatic nitrogens is 2. The molecular weight excluding hydrogens is 203 g/mol. The van der Waals surface area contributed by atoms with Gasteiger partial charge in [-0.15, -0.1) is 0 Å². The van der Waals surface area contributed by atoms with Crippen molar-refractivity contribution in [3.8, 4) is 5.69 Å². The van der Waals surface area contributed by atoms with Gasteiger partial charge in [0.1, 0.15) is 0 Å². The summed E-state index contributed by atoms with van der Waals surface area (Å²) in [6, 6.07) is 9.78. The van der Waals surface area contributed by atoms with Crippen LogP contribution in [0.15, 0.2) is 42.7 Å². The Morgan fingerprint density at radius 3 is 2.62 bits per heavy atom. The zero-order chi connectivity index (χ0) is 11.4. The van der Waals surface area contributed by atoms with Gasteiger partial charge in [0.2, 0.25) is 0 Å². The fourth-order valence-electron chi connectivity index (χ4n) is 1.60. The van der Waals surface area contributed by atoms with E-state index in [4.69, 9.17) is 9.31 Å². The Bertz CT molecular complexity index is 441. The van der Waals surface area contributed by atoms with Crippen molar-refractivity contribution in [2.24, 2.45) is 0 Å². The molecule has 0 aliphatic rings. The van der Waals surface area contributed by atoms with E-state index >= 15 is 0 Å². The van der Waals surface area contributed by atoms with Crippen molar-refractivity contribution in [2.45, 2.75) is 0 Å². The summed E-state index contributed by atoms with van der Waals surface area (Å²) in [5, 5.41) is 4.17. The minimum atomic E-state index is -0.337. The molecule has 2 rings (SSSR count). The van der Waals surface area contributed by atoms with E-state index in [1.54, 1.807) is 25.1 Å². The Morgan fingerprint density at radius 2 is 2.00 bits per heavy atom. The maximum Gasteiger partial charge on any atom is 0.493 e. The van der Waals surface area contributed by atoms with Crippen LogP contribution in [0.1, 0.15) is 0 Å². The molecule has 82 valence electrons. The van der Waals surface area contributed by atoms with E-state index in [1.165, 1.54) is 0 Å². The average molecular weight is 216 g/mol. The molecule has 1 aromatic carbocycles. The quantitative estimate of drug-likeness (QED) is 0.711. The smallest absolute Gasteiger partial charge is 0.410 e. The van der Waals surface area contributed by atoms with Gasteiger partial charge in [0.05, 0.1) is 5.69 Å². The number of hydrogen-bond donors (Lipinski definition) is 0. The molecule has 0 saturated heterocycles. The Balaban J connectivity index is 2.33. The Labute approximate surface area is 94.9 Å². The van der Waals surface area contributed by atoms with E-state index in [9.17, 15) is 0 Å². The monoisotopic (exact) mass is 216 g/mol. The first-order valence-electron chi connectivity index (χ1n) is 5.00. The van der Waals surface area contributed by atoms with Crippen molar-refractivity contribution in [3.05, 3.63) is 42.7 Å². The van der Waals surface area contributed by atoms with E-state index in [2.05, 4.69) is 5.10 Å². The lowest BCUT2D eigenvalue weighted by atomic mass is 9.79. The second-order valence-corrected chi connectivity index (χ2v) is 3.35. The molecule has 0 aliphatic carbocycles. The van der Waals surface area contributed by atoms with Gasteiger partial charge in [-0.05, 0) is 23.7 Å². The van der Waals surface area contributed by atoms with E-state index in [1.807, 2.05) is 36.5 Å². The second kappa shape index (κ2) is 4.96. The van der Waals surface area contributed by atoms with Crippen LogP contribution in [0.2, 0.25) is 0 Å². The number of benzene rings is 1. The van der Waals surface area contributed by atoms with Gasteiger partial charge in [0, 0.05) is 26.6 Å². The van der Waals surface area contributed by atoms with Crippen molar-refractivity contribution in [1.82, 2.24) is 9.78 Å². The number of hydrogen-bond acceptors (Lipinski definition) is 3. The standard InChI is InChI=1S/C11H13BN2O2/c1-15-12(16-2)10-5-3-6-11(9-10)14-8-4-7-13-14/h3-9H,1-2H3. The molecule has 0 saturated carbocycles. The van der Waals surface area contributed by atoms with Crippen LogP contribution in [0.5, 0.6) is 0 Å². The third kappa shape index (κ3) is 2.15. The zero-order valence-electron chi connectivity index (χ0n) is 9.33. The van der Waals surface area contributed by atoms with Crippen LogP contribution in [-0.4, -0.2) is 31.1 Å². The van der Waals surface area contributed by atoms with Gasteiger partial charge < -0.3 is 9.31 Å². The highest BCUT2D eigenvalue weighted by atomic mass is 16.6. The molecule has 0 bridgehead atoms. The van der Waals surface area contributed by atoms with E-state index in [0.29, 0.717) is 0 Å². The topological polar surface area (TPSA) is 36.3 Å². The first-order chi connectivity index (χ1) is 7.85. The molecule has 0 amide bonds. The molecular formula is C11H13BN2O2. The van der Waals surface area contributed by atoms with E-state index in [-0.39, 0.29) is 7.12 Å². The summed E-state index contributed by atoms with van der Waals surface area (Å²) in [5.41, 5.74) is 1.96. The first kappa shape index (κ1) is 10.9. The largest absolute Gasteiger partial charge is 0.493 e. The molecule has 0 radical (unpaired) electrons. The fourth-order valence-corrected chi connectivity index (χ4v) is 1.60. The van der Waals surface area contributed by atoms with Crippen LogP contribution < -0.4 is 5.46 Å². The van der Waals surface area contributed by atoms with Gasteiger partial charge in [-0.25, -0.2) is 4.68 Å². The maximum atomic E-state index is 5.21. The molecule has 0 spiro atoms. The molecule has 1 heterocycles. The Kier molecular flexibility index (Phi) is 3.39. The average Bonchev–Trinajstić information content (AvgIpc) is 2.85. The number of nitrogens with zero attached hydrogens (tertiary/aromatic N) is 2. The summed E-state index contributed by atoms with van der Waals surface area (Å²) in [6.45, 7) is 0. The van der Waals surface area contributed by atoms with Gasteiger partial charge in [-0.3, -0.25) is 0 Å². The van der Waals surface area contributed by atoms with Gasteiger partial charge in [0.15, 0.2) is 0 Å². The highest BCUT2D eigenvalue weighted by Crippen LogP contribution is 2.04. The second-order valence-electron chi connectivity index (χ2n) is 3.35. The molecule has 0 atom stereocenters. The molecule has 0 fully saturated rings. The summed E-state index contributed by atoms with van der Waals surface area (Å²) in [5.74, 6) is 0. The summed E-state index contributed by atoms with van der Waals surface area (Å²) in [4.78, 5) is 0. The summed E-state index contributed by atoms with van der Waals surface area (Å²) in [6.07, 6.45) is 3.64. The zero-order valence-corrected chi connectivity index (χ0v) is 9.33. The van der Waals surface area contributed by atoms with Crippen LogP contribution in [0.25, 0.3) is 5.69 Å². The molecule has 4 nitrogen and oxygen atoms in total. The van der Waals surface area contributed by atoms with Gasteiger partial charge in [-0.1, -0.05) is 12.1 Å². The first-order valence-corrected chi connectivity index (χ1v) is 5.00. The van der Waals surface area contributed by atoms with Gasteiger partial charge in [-0.2, -0.15) is 5.10 Å². The fraction of sp³-hybridized carbons (Fsp3) is 0.182. The third-order valence-corrected chi connectivity index (χ3v) is 2.34. The van der Waals surface area contributed by atoms with Gasteiger partial charge >= 0.3 is 7.12 Å². The van der Waals surface area contributed by atoms with Crippen molar-refractivity contribution in [2.75, 3.05) is 14.2 Å². The van der Waals surface area contributed by atoms with E-state index < -0.39 is 0 Å². The third-order valence-electron chi connectivity index (χ3n) is 2.34. The molecule has 0 unspecified atom stereocenters. The van der Waals surface area contributed by atoms with Crippen LogP contribution in [-0.2, 0) is 9.31 Å². The lowest BCUT2D eigenvalue weighted by Gasteiger charge is -2.10. The molecule has 16 heavy (non-hydrogen) atoms. The summed E-state index contributed by atoms with van der Waals surface area (Å²) in [7, 11) is 2.90. The highest BCUT2D eigenvalue weighted by molar-refractivity contribution is 6.61. The lowest BCUT2D eigenvalue weighted by molar-refractivity contribution is 0.292. The van der Waals surface area contributed by atoms with Crippen molar-refractivity contribution >= 4 is 12.6 Å². The van der Waals surface area contributed by atoms with Crippen molar-refractivity contribution in [1.29, 1.82) is 0 Å². The Morgan fingerprint density at radius 1 is 1.19 bits per heavy atom. The molecule has 0 N–H and O–H groups in total. The molecule has 1 aromatic heterocycles. The van der Waals surface area contributed by atoms with Crippen LogP contribution >= 0.6 is 0 Å². The maximum absolute atomic E-state index is 5.21. The predicted molar refractivity (Wildman–Crippen MR) is 63.0 cm³/mol. The molecule has 2 aromatic rings. The number of rotatable bonds is 4. The normalized spacial score (nSPS) is 10.4. The van der Waals surface area contributed by atoms with Crippen molar-refractivity contribution < 1.29 is 9.31 Å². The van der Waals surface area contributed by atoms with Gasteiger partial charge in [0.25, 0.3) is 0 Å². The highest BCUT2D eigenvalue weighted by Gasteiger charge is 2.17. The summed E-state index contributed by atoms with van der Waals surface area (Å²) < 4.78 is 12.2.